The van der Waals surface area contributed by atoms with Crippen LogP contribution in [0.25, 0.3) is 0 Å². The van der Waals surface area contributed by atoms with Crippen LogP contribution >= 0.6 is 0 Å². The van der Waals surface area contributed by atoms with Crippen molar-refractivity contribution in [2.24, 2.45) is 11.8 Å². The van der Waals surface area contributed by atoms with Gasteiger partial charge in [-0.1, -0.05) is 6.07 Å². The van der Waals surface area contributed by atoms with Gasteiger partial charge in [-0.05, 0) is 50.9 Å². The van der Waals surface area contributed by atoms with Gasteiger partial charge in [0, 0.05) is 25.9 Å². The number of ether oxygens (including phenoxy) is 2. The molecule has 0 N–H and O–H groups in total. The second kappa shape index (κ2) is 7.62. The van der Waals surface area contributed by atoms with E-state index in [0.717, 1.165) is 57.8 Å². The van der Waals surface area contributed by atoms with E-state index in [1.54, 1.807) is 6.20 Å². The van der Waals surface area contributed by atoms with Gasteiger partial charge in [0.05, 0.1) is 37.0 Å². The van der Waals surface area contributed by atoms with Crippen molar-refractivity contribution in [3.63, 3.8) is 0 Å². The third-order valence-corrected chi connectivity index (χ3v) is 6.24. The van der Waals surface area contributed by atoms with Gasteiger partial charge in [-0.15, -0.1) is 0 Å². The number of likely N-dealkylation sites (N-methyl/N-ethyl adjacent to an activating group) is 1. The molecule has 1 spiro atoms. The molecule has 3 aliphatic rings. The second-order valence-electron chi connectivity index (χ2n) is 8.10. The summed E-state index contributed by atoms with van der Waals surface area (Å²) in [6.45, 7) is 5.47. The smallest absolute Gasteiger partial charge is 0.228 e. The van der Waals surface area contributed by atoms with Crippen molar-refractivity contribution in [1.82, 2.24) is 14.8 Å². The quantitative estimate of drug-likeness (QED) is 0.799. The van der Waals surface area contributed by atoms with Crippen molar-refractivity contribution in [2.75, 3.05) is 46.5 Å². The largest absolute Gasteiger partial charge is 0.381 e. The summed E-state index contributed by atoms with van der Waals surface area (Å²) in [7, 11) is 2.20. The lowest BCUT2D eigenvalue weighted by Gasteiger charge is -2.59. The van der Waals surface area contributed by atoms with Gasteiger partial charge in [-0.3, -0.25) is 14.7 Å². The summed E-state index contributed by atoms with van der Waals surface area (Å²) in [5.74, 6) is 0.927. The van der Waals surface area contributed by atoms with Crippen molar-refractivity contribution in [3.05, 3.63) is 30.1 Å². The van der Waals surface area contributed by atoms with Gasteiger partial charge in [0.15, 0.2) is 0 Å². The molecule has 6 heteroatoms. The summed E-state index contributed by atoms with van der Waals surface area (Å²) in [6, 6.07) is 5.91. The van der Waals surface area contributed by atoms with Gasteiger partial charge in [0.25, 0.3) is 0 Å². The van der Waals surface area contributed by atoms with Crippen molar-refractivity contribution in [3.8, 4) is 0 Å². The summed E-state index contributed by atoms with van der Waals surface area (Å²) in [5, 5.41) is 0. The van der Waals surface area contributed by atoms with E-state index in [1.807, 2.05) is 23.1 Å². The molecule has 0 radical (unpaired) electrons. The third-order valence-electron chi connectivity index (χ3n) is 6.24. The molecule has 3 fully saturated rings. The minimum absolute atomic E-state index is 0.0822. The van der Waals surface area contributed by atoms with Gasteiger partial charge >= 0.3 is 0 Å². The van der Waals surface area contributed by atoms with Crippen LogP contribution in [0.4, 0.5) is 0 Å². The molecule has 4 heterocycles. The number of aromatic nitrogens is 1. The Morgan fingerprint density at radius 2 is 2.27 bits per heavy atom. The molecule has 0 unspecified atom stereocenters. The molecule has 1 aromatic rings. The first kappa shape index (κ1) is 17.9. The molecule has 142 valence electrons. The SMILES string of the molecule is CN1CC[C@@H](COCc2ccccn2)CC12CN(C(=O)[C@H]1CCOC1)C2. The number of hydrogen-bond acceptors (Lipinski definition) is 5. The molecule has 0 aromatic carbocycles. The zero-order valence-corrected chi connectivity index (χ0v) is 15.6. The van der Waals surface area contributed by atoms with Crippen LogP contribution in [0.1, 0.15) is 25.0 Å². The van der Waals surface area contributed by atoms with Crippen LogP contribution in [0.5, 0.6) is 0 Å². The van der Waals surface area contributed by atoms with Crippen LogP contribution in [0.2, 0.25) is 0 Å². The number of carbonyl (C=O) groups is 1. The maximum absolute atomic E-state index is 12.6. The standard InChI is InChI=1S/C20H29N3O3/c1-22-8-5-16(11-26-13-18-4-2-3-7-21-18)10-20(22)14-23(15-20)19(24)17-6-9-25-12-17/h2-4,7,16-17H,5-6,8-15H2,1H3/t16-,17+/m1/s1. The minimum atomic E-state index is 0.0822. The lowest BCUT2D eigenvalue weighted by molar-refractivity contribution is -0.155. The van der Waals surface area contributed by atoms with Crippen LogP contribution in [0.3, 0.4) is 0 Å². The van der Waals surface area contributed by atoms with E-state index in [9.17, 15) is 4.79 Å². The fourth-order valence-corrected chi connectivity index (χ4v) is 4.54. The Kier molecular flexibility index (Phi) is 5.25. The molecule has 6 nitrogen and oxygen atoms in total. The summed E-state index contributed by atoms with van der Waals surface area (Å²) in [6.07, 6.45) is 4.95. The van der Waals surface area contributed by atoms with Gasteiger partial charge in [0.1, 0.15) is 0 Å². The van der Waals surface area contributed by atoms with Crippen LogP contribution in [0, 0.1) is 11.8 Å². The van der Waals surface area contributed by atoms with Crippen molar-refractivity contribution >= 4 is 5.91 Å². The van der Waals surface area contributed by atoms with E-state index in [2.05, 4.69) is 16.9 Å². The fraction of sp³-hybridized carbons (Fsp3) is 0.700. The molecule has 1 amide bonds. The van der Waals surface area contributed by atoms with Crippen LogP contribution in [-0.4, -0.2) is 72.7 Å². The molecule has 2 atom stereocenters. The highest BCUT2D eigenvalue weighted by atomic mass is 16.5. The van der Waals surface area contributed by atoms with Crippen LogP contribution < -0.4 is 0 Å². The van der Waals surface area contributed by atoms with Crippen molar-refractivity contribution in [2.45, 2.75) is 31.4 Å². The number of likely N-dealkylation sites (tertiary alicyclic amines) is 2. The molecule has 1 aromatic heterocycles. The first-order valence-electron chi connectivity index (χ1n) is 9.72. The van der Waals surface area contributed by atoms with E-state index >= 15 is 0 Å². The Morgan fingerprint density at radius 1 is 1.38 bits per heavy atom. The number of pyridine rings is 1. The molecule has 4 rings (SSSR count). The van der Waals surface area contributed by atoms with E-state index in [-0.39, 0.29) is 17.4 Å². The van der Waals surface area contributed by atoms with Gasteiger partial charge in [-0.2, -0.15) is 0 Å². The maximum Gasteiger partial charge on any atom is 0.228 e. The number of piperidine rings is 1. The first-order chi connectivity index (χ1) is 12.7. The number of carbonyl (C=O) groups excluding carboxylic acids is 1. The highest BCUT2D eigenvalue weighted by Gasteiger charge is 2.51. The molecule has 0 bridgehead atoms. The zero-order valence-electron chi connectivity index (χ0n) is 15.6. The van der Waals surface area contributed by atoms with E-state index in [0.29, 0.717) is 19.1 Å². The average molecular weight is 359 g/mol. The van der Waals surface area contributed by atoms with Crippen molar-refractivity contribution < 1.29 is 14.3 Å². The van der Waals surface area contributed by atoms with E-state index < -0.39 is 0 Å². The minimum Gasteiger partial charge on any atom is -0.381 e. The van der Waals surface area contributed by atoms with Gasteiger partial charge < -0.3 is 14.4 Å². The number of amides is 1. The molecular formula is C20H29N3O3. The lowest BCUT2D eigenvalue weighted by atomic mass is 9.75. The molecule has 26 heavy (non-hydrogen) atoms. The summed E-state index contributed by atoms with van der Waals surface area (Å²) in [5.41, 5.74) is 1.13. The monoisotopic (exact) mass is 359 g/mol. The summed E-state index contributed by atoms with van der Waals surface area (Å²) in [4.78, 5) is 21.4. The molecular weight excluding hydrogens is 330 g/mol. The summed E-state index contributed by atoms with van der Waals surface area (Å²) >= 11 is 0. The Hall–Kier alpha value is -1.50. The van der Waals surface area contributed by atoms with Gasteiger partial charge in [0.2, 0.25) is 5.91 Å². The average Bonchev–Trinajstić information content (AvgIpc) is 3.16. The highest BCUT2D eigenvalue weighted by Crippen LogP contribution is 2.39. The Bertz CT molecular complexity index is 612. The lowest BCUT2D eigenvalue weighted by Crippen LogP contribution is -2.73. The van der Waals surface area contributed by atoms with Gasteiger partial charge in [-0.25, -0.2) is 0 Å². The third kappa shape index (κ3) is 3.63. The molecule has 3 aliphatic heterocycles. The fourth-order valence-electron chi connectivity index (χ4n) is 4.54. The number of hydrogen-bond donors (Lipinski definition) is 0. The molecule has 3 saturated heterocycles. The van der Waals surface area contributed by atoms with Crippen LogP contribution in [0.15, 0.2) is 24.4 Å². The predicted molar refractivity (Wildman–Crippen MR) is 97.5 cm³/mol. The maximum atomic E-state index is 12.6. The normalized spacial score (nSPS) is 28.3. The Morgan fingerprint density at radius 3 is 3.00 bits per heavy atom. The Balaban J connectivity index is 1.26. The summed E-state index contributed by atoms with van der Waals surface area (Å²) < 4.78 is 11.3. The number of rotatable bonds is 5. The second-order valence-corrected chi connectivity index (χ2v) is 8.10. The van der Waals surface area contributed by atoms with Crippen molar-refractivity contribution in [1.29, 1.82) is 0 Å². The highest BCUT2D eigenvalue weighted by molar-refractivity contribution is 5.80. The number of nitrogens with zero attached hydrogens (tertiary/aromatic N) is 3. The predicted octanol–water partition coefficient (Wildman–Crippen LogP) is 1.56. The van der Waals surface area contributed by atoms with E-state index in [1.165, 1.54) is 0 Å². The zero-order chi connectivity index (χ0) is 18.0. The Labute approximate surface area is 155 Å². The molecule has 0 aliphatic carbocycles. The topological polar surface area (TPSA) is 54.9 Å². The van der Waals surface area contributed by atoms with Crippen LogP contribution in [-0.2, 0) is 20.9 Å². The van der Waals surface area contributed by atoms with E-state index in [4.69, 9.17) is 9.47 Å². The first-order valence-corrected chi connectivity index (χ1v) is 9.72. The molecule has 0 saturated carbocycles.